The Morgan fingerprint density at radius 3 is 2.03 bits per heavy atom. The van der Waals surface area contributed by atoms with Crippen molar-refractivity contribution in [3.05, 3.63) is 52.3 Å². The zero-order valence-electron chi connectivity index (χ0n) is 18.1. The van der Waals surface area contributed by atoms with Gasteiger partial charge in [-0.15, -0.1) is 0 Å². The molecule has 11 heteroatoms. The number of methoxy groups -OCH3 is 2. The molecular formula is C22H23ClFN3O6. The van der Waals surface area contributed by atoms with Crippen LogP contribution in [0.4, 0.5) is 4.39 Å². The van der Waals surface area contributed by atoms with E-state index in [0.29, 0.717) is 0 Å². The van der Waals surface area contributed by atoms with Crippen molar-refractivity contribution in [2.45, 2.75) is 0 Å². The Morgan fingerprint density at radius 2 is 1.52 bits per heavy atom. The van der Waals surface area contributed by atoms with E-state index in [4.69, 9.17) is 31.5 Å². The number of carbonyl (C=O) groups is 3. The van der Waals surface area contributed by atoms with Crippen LogP contribution in [-0.4, -0.2) is 74.5 Å². The van der Waals surface area contributed by atoms with E-state index in [0.717, 1.165) is 6.07 Å². The zero-order valence-corrected chi connectivity index (χ0v) is 18.9. The van der Waals surface area contributed by atoms with E-state index >= 15 is 0 Å². The maximum atomic E-state index is 14.0. The second-order valence-corrected chi connectivity index (χ2v) is 7.61. The molecule has 3 rings (SSSR count). The smallest absolute Gasteiger partial charge is 0.257 e. The van der Waals surface area contributed by atoms with Gasteiger partial charge in [0.2, 0.25) is 5.75 Å². The van der Waals surface area contributed by atoms with Crippen molar-refractivity contribution in [2.24, 2.45) is 5.73 Å². The minimum atomic E-state index is -0.677. The van der Waals surface area contributed by atoms with Gasteiger partial charge in [0.05, 0.1) is 19.8 Å². The molecule has 0 aliphatic carbocycles. The van der Waals surface area contributed by atoms with Gasteiger partial charge in [0, 0.05) is 36.8 Å². The van der Waals surface area contributed by atoms with Crippen LogP contribution in [0.2, 0.25) is 5.02 Å². The average molecular weight is 480 g/mol. The third-order valence-electron chi connectivity index (χ3n) is 5.08. The first-order chi connectivity index (χ1) is 15.7. The summed E-state index contributed by atoms with van der Waals surface area (Å²) in [6, 6.07) is 6.75. The number of halogens is 2. The first-order valence-corrected chi connectivity index (χ1v) is 10.3. The molecule has 0 aromatic heterocycles. The molecule has 2 aromatic rings. The average Bonchev–Trinajstić information content (AvgIpc) is 2.82. The van der Waals surface area contributed by atoms with Crippen LogP contribution in [0.3, 0.4) is 0 Å². The number of nitrogens with zero attached hydrogens (tertiary/aromatic N) is 2. The molecular weight excluding hydrogens is 457 g/mol. The SMILES string of the molecule is COc1cc(C(=O)N2CCN(C(=O)c3cc(Cl)ccc3F)CC2)cc(OC)c1OCC(N)=O. The lowest BCUT2D eigenvalue weighted by Gasteiger charge is -2.35. The third kappa shape index (κ3) is 5.46. The summed E-state index contributed by atoms with van der Waals surface area (Å²) in [5, 5.41) is 0.264. The van der Waals surface area contributed by atoms with Gasteiger partial charge >= 0.3 is 0 Å². The summed E-state index contributed by atoms with van der Waals surface area (Å²) in [7, 11) is 2.78. The number of ether oxygens (including phenoxy) is 3. The molecule has 33 heavy (non-hydrogen) atoms. The standard InChI is InChI=1S/C22H23ClFN3O6/c1-31-17-9-13(10-18(32-2)20(17)33-12-19(25)28)21(29)26-5-7-27(8-6-26)22(30)15-11-14(23)3-4-16(15)24/h3-4,9-11H,5-8,12H2,1-2H3,(H2,25,28). The molecule has 1 fully saturated rings. The van der Waals surface area contributed by atoms with E-state index in [1.54, 1.807) is 4.90 Å². The fourth-order valence-corrected chi connectivity index (χ4v) is 3.59. The lowest BCUT2D eigenvalue weighted by Crippen LogP contribution is -2.50. The molecule has 0 unspecified atom stereocenters. The van der Waals surface area contributed by atoms with Gasteiger partial charge in [0.15, 0.2) is 18.1 Å². The minimum absolute atomic E-state index is 0.108. The number of primary amides is 1. The van der Waals surface area contributed by atoms with Gasteiger partial charge in [-0.3, -0.25) is 14.4 Å². The van der Waals surface area contributed by atoms with Crippen LogP contribution in [0.25, 0.3) is 0 Å². The largest absolute Gasteiger partial charge is 0.493 e. The second kappa shape index (κ2) is 10.4. The molecule has 0 radical (unpaired) electrons. The molecule has 2 aromatic carbocycles. The van der Waals surface area contributed by atoms with Crippen LogP contribution in [0.1, 0.15) is 20.7 Å². The van der Waals surface area contributed by atoms with Crippen molar-refractivity contribution < 1.29 is 33.0 Å². The topological polar surface area (TPSA) is 111 Å². The maximum Gasteiger partial charge on any atom is 0.257 e. The van der Waals surface area contributed by atoms with Gasteiger partial charge in [0.25, 0.3) is 17.7 Å². The van der Waals surface area contributed by atoms with Gasteiger partial charge < -0.3 is 29.7 Å². The summed E-state index contributed by atoms with van der Waals surface area (Å²) in [4.78, 5) is 39.8. The van der Waals surface area contributed by atoms with Crippen molar-refractivity contribution in [3.63, 3.8) is 0 Å². The first-order valence-electron chi connectivity index (χ1n) is 9.95. The number of rotatable bonds is 7. The Morgan fingerprint density at radius 1 is 0.970 bits per heavy atom. The molecule has 0 spiro atoms. The van der Waals surface area contributed by atoms with E-state index < -0.39 is 17.6 Å². The van der Waals surface area contributed by atoms with Crippen LogP contribution in [0.15, 0.2) is 30.3 Å². The van der Waals surface area contributed by atoms with Crippen molar-refractivity contribution in [1.29, 1.82) is 0 Å². The summed E-state index contributed by atoms with van der Waals surface area (Å²) in [5.74, 6) is -1.58. The van der Waals surface area contributed by atoms with Gasteiger partial charge in [-0.2, -0.15) is 0 Å². The van der Waals surface area contributed by atoms with E-state index in [1.165, 1.54) is 43.4 Å². The van der Waals surface area contributed by atoms with Crippen LogP contribution in [0, 0.1) is 5.82 Å². The number of amides is 3. The third-order valence-corrected chi connectivity index (χ3v) is 5.31. The second-order valence-electron chi connectivity index (χ2n) is 7.17. The molecule has 176 valence electrons. The highest BCUT2D eigenvalue weighted by molar-refractivity contribution is 6.31. The summed E-state index contributed by atoms with van der Waals surface area (Å²) in [5.41, 5.74) is 5.29. The van der Waals surface area contributed by atoms with Gasteiger partial charge in [-0.25, -0.2) is 4.39 Å². The monoisotopic (exact) mass is 479 g/mol. The maximum absolute atomic E-state index is 14.0. The van der Waals surface area contributed by atoms with Gasteiger partial charge in [0.1, 0.15) is 5.82 Å². The molecule has 0 saturated carbocycles. The van der Waals surface area contributed by atoms with Crippen molar-refractivity contribution in [2.75, 3.05) is 47.0 Å². The number of benzene rings is 2. The van der Waals surface area contributed by atoms with Crippen molar-refractivity contribution in [1.82, 2.24) is 9.80 Å². The quantitative estimate of drug-likeness (QED) is 0.649. The first kappa shape index (κ1) is 24.1. The number of hydrogen-bond acceptors (Lipinski definition) is 6. The highest BCUT2D eigenvalue weighted by atomic mass is 35.5. The normalized spacial score (nSPS) is 13.5. The molecule has 3 amide bonds. The zero-order chi connectivity index (χ0) is 24.1. The molecule has 0 atom stereocenters. The molecule has 1 heterocycles. The molecule has 1 aliphatic rings. The molecule has 1 aliphatic heterocycles. The molecule has 2 N–H and O–H groups in total. The van der Waals surface area contributed by atoms with Crippen molar-refractivity contribution in [3.8, 4) is 17.2 Å². The van der Waals surface area contributed by atoms with Crippen LogP contribution in [-0.2, 0) is 4.79 Å². The summed E-state index contributed by atoms with van der Waals surface area (Å²) >= 11 is 5.89. The number of carbonyl (C=O) groups excluding carboxylic acids is 3. The Kier molecular flexibility index (Phi) is 7.59. The summed E-state index contributed by atoms with van der Waals surface area (Å²) in [6.45, 7) is 0.563. The molecule has 9 nitrogen and oxygen atoms in total. The van der Waals surface area contributed by atoms with E-state index in [9.17, 15) is 18.8 Å². The molecule has 1 saturated heterocycles. The fraction of sp³-hybridized carbons (Fsp3) is 0.318. The van der Waals surface area contributed by atoms with E-state index in [-0.39, 0.29) is 72.1 Å². The van der Waals surface area contributed by atoms with Crippen LogP contribution in [0.5, 0.6) is 17.2 Å². The lowest BCUT2D eigenvalue weighted by atomic mass is 10.1. The highest BCUT2D eigenvalue weighted by Crippen LogP contribution is 2.39. The Labute approximate surface area is 194 Å². The number of nitrogens with two attached hydrogens (primary N) is 1. The Balaban J connectivity index is 1.73. The Hall–Kier alpha value is -3.53. The highest BCUT2D eigenvalue weighted by Gasteiger charge is 2.28. The van der Waals surface area contributed by atoms with E-state index in [1.807, 2.05) is 0 Å². The van der Waals surface area contributed by atoms with Crippen molar-refractivity contribution >= 4 is 29.3 Å². The predicted molar refractivity (Wildman–Crippen MR) is 117 cm³/mol. The summed E-state index contributed by atoms with van der Waals surface area (Å²) in [6.07, 6.45) is 0. The fourth-order valence-electron chi connectivity index (χ4n) is 3.42. The molecule has 0 bridgehead atoms. The Bertz CT molecular complexity index is 1050. The minimum Gasteiger partial charge on any atom is -0.493 e. The number of hydrogen-bond donors (Lipinski definition) is 1. The van der Waals surface area contributed by atoms with Gasteiger partial charge in [-0.1, -0.05) is 11.6 Å². The van der Waals surface area contributed by atoms with Gasteiger partial charge in [-0.05, 0) is 30.3 Å². The predicted octanol–water partition coefficient (Wildman–Crippen LogP) is 1.96. The van der Waals surface area contributed by atoms with Crippen LogP contribution < -0.4 is 19.9 Å². The van der Waals surface area contributed by atoms with E-state index in [2.05, 4.69) is 0 Å². The summed E-state index contributed by atoms with van der Waals surface area (Å²) < 4.78 is 30.0. The van der Waals surface area contributed by atoms with Crippen LogP contribution >= 0.6 is 11.6 Å². The lowest BCUT2D eigenvalue weighted by molar-refractivity contribution is -0.120. The number of piperazine rings is 1.